The topological polar surface area (TPSA) is 71.5 Å². The molecule has 0 aromatic rings. The van der Waals surface area contributed by atoms with Gasteiger partial charge in [0.05, 0.1) is 0 Å². The van der Waals surface area contributed by atoms with E-state index in [0.717, 1.165) is 5.92 Å². The van der Waals surface area contributed by atoms with Gasteiger partial charge in [0.15, 0.2) is 0 Å². The Morgan fingerprint density at radius 3 is 1.23 bits per heavy atom. The van der Waals surface area contributed by atoms with Crippen molar-refractivity contribution >= 4 is 0 Å². The summed E-state index contributed by atoms with van der Waals surface area (Å²) in [6.45, 7) is 4.18. The van der Waals surface area contributed by atoms with Gasteiger partial charge in [-0.1, -0.05) is 0 Å². The van der Waals surface area contributed by atoms with Gasteiger partial charge in [-0.05, 0) is 44.8 Å². The summed E-state index contributed by atoms with van der Waals surface area (Å²) in [5.41, 5.74) is 0. The van der Waals surface area contributed by atoms with Crippen molar-refractivity contribution in [3.8, 4) is 0 Å². The molecule has 0 amide bonds. The van der Waals surface area contributed by atoms with Crippen LogP contribution < -0.4 is 0 Å². The number of nitrogens with zero attached hydrogens (tertiary/aromatic N) is 1. The molecule has 0 atom stereocenters. The Morgan fingerprint density at radius 1 is 0.846 bits per heavy atom. The zero-order valence-electron chi connectivity index (χ0n) is 7.25. The first kappa shape index (κ1) is 10.9. The number of rotatable bonds is 0. The summed E-state index contributed by atoms with van der Waals surface area (Å²) in [7, 11) is 0. The van der Waals surface area contributed by atoms with Crippen LogP contribution in [0.25, 0.3) is 0 Å². The van der Waals surface area contributed by atoms with E-state index in [9.17, 15) is 0 Å². The molecule has 2 bridgehead atoms. The predicted octanol–water partition coefficient (Wildman–Crippen LogP) is 0.624. The molecule has 3 heterocycles. The van der Waals surface area contributed by atoms with Crippen molar-refractivity contribution in [1.29, 1.82) is 0 Å². The molecule has 78 valence electrons. The van der Waals surface area contributed by atoms with Gasteiger partial charge in [-0.2, -0.15) is 0 Å². The molecule has 6 heteroatoms. The fourth-order valence-electron chi connectivity index (χ4n) is 1.86. The quantitative estimate of drug-likeness (QED) is 0.630. The molecule has 0 saturated carbocycles. The van der Waals surface area contributed by atoms with Crippen molar-refractivity contribution in [3.63, 3.8) is 0 Å². The molecule has 13 heavy (non-hydrogen) atoms. The van der Waals surface area contributed by atoms with Crippen LogP contribution in [0.4, 0.5) is 0 Å². The number of piperidine rings is 3. The molecule has 0 aromatic heterocycles. The second-order valence-electron chi connectivity index (χ2n) is 3.43. The van der Waals surface area contributed by atoms with Gasteiger partial charge in [0.25, 0.3) is 0 Å². The monoisotopic (exact) mass is 367 g/mol. The van der Waals surface area contributed by atoms with Crippen LogP contribution in [0.2, 0.25) is 0 Å². The molecule has 3 fully saturated rings. The van der Waals surface area contributed by atoms with Crippen LogP contribution in [0.3, 0.4) is 0 Å². The molecule has 0 aliphatic carbocycles. The molecular weight excluding hydrogens is 352 g/mol. The number of fused-ring (bicyclic) bond motifs is 3. The van der Waals surface area contributed by atoms with Gasteiger partial charge in [-0.3, -0.25) is 0 Å². The summed E-state index contributed by atoms with van der Waals surface area (Å²) in [5.74, 6) is 1.11. The van der Waals surface area contributed by atoms with Crippen LogP contribution in [0.5, 0.6) is 0 Å². The van der Waals surface area contributed by atoms with Crippen LogP contribution >= 0.6 is 0 Å². The molecule has 3 saturated heterocycles. The van der Waals surface area contributed by atoms with Gasteiger partial charge < -0.3 is 4.90 Å². The van der Waals surface area contributed by atoms with Gasteiger partial charge in [0.1, 0.15) is 0 Å². The average molecular weight is 365 g/mol. The zero-order valence-corrected chi connectivity index (χ0v) is 9.79. The summed E-state index contributed by atoms with van der Waals surface area (Å²) in [6, 6.07) is 0. The summed E-state index contributed by atoms with van der Waals surface area (Å²) in [5, 5.41) is 0. The fourth-order valence-corrected chi connectivity index (χ4v) is 1.86. The second kappa shape index (κ2) is 4.34. The average Bonchev–Trinajstić information content (AvgIpc) is 2.05. The van der Waals surface area contributed by atoms with E-state index in [-0.39, 0.29) is 0 Å². The van der Waals surface area contributed by atoms with Crippen molar-refractivity contribution in [1.82, 2.24) is 4.90 Å². The van der Waals surface area contributed by atoms with E-state index in [1.165, 1.54) is 38.9 Å². The van der Waals surface area contributed by atoms with Crippen molar-refractivity contribution in [2.75, 3.05) is 19.6 Å². The predicted molar refractivity (Wildman–Crippen MR) is 36.5 cm³/mol. The molecule has 0 unspecified atom stereocenters. The maximum absolute atomic E-state index is 8.63. The van der Waals surface area contributed by atoms with Crippen molar-refractivity contribution in [2.45, 2.75) is 19.3 Å². The fraction of sp³-hybridized carbons (Fsp3) is 1.00. The maximum atomic E-state index is 8.63. The third-order valence-corrected chi connectivity index (χ3v) is 2.56. The van der Waals surface area contributed by atoms with Gasteiger partial charge in [-0.15, -0.1) is 0 Å². The van der Waals surface area contributed by atoms with Crippen LogP contribution in [0.1, 0.15) is 19.3 Å². The molecule has 0 radical (unpaired) electrons. The molecule has 0 aromatic carbocycles. The van der Waals surface area contributed by atoms with Gasteiger partial charge in [0.2, 0.25) is 0 Å². The zero-order chi connectivity index (χ0) is 9.90. The molecule has 5 nitrogen and oxygen atoms in total. The molecule has 3 aliphatic rings. The molecule has 3 aliphatic heterocycles. The van der Waals surface area contributed by atoms with Gasteiger partial charge in [0, 0.05) is 0 Å². The van der Waals surface area contributed by atoms with E-state index in [1.807, 2.05) is 0 Å². The molecule has 3 rings (SSSR count). The standard InChI is InChI=1S/C7H13N.4O.Os/c1-4-8-5-2-7(1)3-6-8;;;;;/h7H,1-6H2;;;;;. The van der Waals surface area contributed by atoms with E-state index in [2.05, 4.69) is 4.90 Å². The summed E-state index contributed by atoms with van der Waals surface area (Å²) < 4.78 is 34.5. The molecular formula is C7H13NO4Os. The van der Waals surface area contributed by atoms with E-state index in [4.69, 9.17) is 14.2 Å². The Labute approximate surface area is 79.1 Å². The summed E-state index contributed by atoms with van der Waals surface area (Å²) in [6.07, 6.45) is 4.46. The third-order valence-electron chi connectivity index (χ3n) is 2.56. The van der Waals surface area contributed by atoms with Gasteiger partial charge >= 0.3 is 29.0 Å². The van der Waals surface area contributed by atoms with Crippen LogP contribution in [-0.2, 0) is 29.0 Å². The van der Waals surface area contributed by atoms with Gasteiger partial charge in [-0.25, -0.2) is 0 Å². The Kier molecular flexibility index (Phi) is 3.63. The SMILES string of the molecule is C1CN2CCC1CC2.[O]=[Os](=[O])(=[O])=[O]. The Balaban J connectivity index is 0.000000149. The molecule has 0 N–H and O–H groups in total. The van der Waals surface area contributed by atoms with E-state index >= 15 is 0 Å². The van der Waals surface area contributed by atoms with Crippen LogP contribution in [0, 0.1) is 5.92 Å². The van der Waals surface area contributed by atoms with E-state index < -0.39 is 14.8 Å². The Hall–Kier alpha value is -0.204. The minimum absolute atomic E-state index is 1.11. The van der Waals surface area contributed by atoms with Crippen LogP contribution in [0.15, 0.2) is 0 Å². The third kappa shape index (κ3) is 5.17. The minimum atomic E-state index is -6.06. The first-order valence-corrected chi connectivity index (χ1v) is 8.40. The summed E-state index contributed by atoms with van der Waals surface area (Å²) >= 11 is -6.06. The Bertz CT molecular complexity index is 297. The van der Waals surface area contributed by atoms with E-state index in [0.29, 0.717) is 0 Å². The number of hydrogen-bond acceptors (Lipinski definition) is 5. The summed E-state index contributed by atoms with van der Waals surface area (Å²) in [4.78, 5) is 2.58. The van der Waals surface area contributed by atoms with E-state index in [1.54, 1.807) is 0 Å². The van der Waals surface area contributed by atoms with Crippen molar-refractivity contribution < 1.29 is 29.0 Å². The van der Waals surface area contributed by atoms with Crippen molar-refractivity contribution in [2.24, 2.45) is 5.92 Å². The van der Waals surface area contributed by atoms with Crippen molar-refractivity contribution in [3.05, 3.63) is 0 Å². The van der Waals surface area contributed by atoms with Crippen LogP contribution in [-0.4, -0.2) is 24.5 Å². The first-order valence-electron chi connectivity index (χ1n) is 4.25. The Morgan fingerprint density at radius 2 is 1.15 bits per heavy atom. The number of hydrogen-bond donors (Lipinski definition) is 0. The molecule has 0 spiro atoms. The normalized spacial score (nSPS) is 32.0. The second-order valence-corrected chi connectivity index (χ2v) is 5.97. The first-order chi connectivity index (χ1) is 5.95.